The standard InChI is InChI=1S/C10H9ClF2N2/c1-6(10(12)13)15-9-3-2-7(5-14)4-8(9)11/h2-4,6,10,15H,1H3. The highest BCUT2D eigenvalue weighted by Crippen LogP contribution is 2.24. The molecule has 0 bridgehead atoms. The van der Waals surface area contributed by atoms with Gasteiger partial charge in [-0.3, -0.25) is 0 Å². The van der Waals surface area contributed by atoms with Crippen LogP contribution in [0.15, 0.2) is 18.2 Å². The summed E-state index contributed by atoms with van der Waals surface area (Å²) < 4.78 is 24.5. The Labute approximate surface area is 91.5 Å². The maximum absolute atomic E-state index is 12.2. The highest BCUT2D eigenvalue weighted by atomic mass is 35.5. The van der Waals surface area contributed by atoms with Crippen LogP contribution in [-0.4, -0.2) is 12.5 Å². The number of benzene rings is 1. The first-order chi connectivity index (χ1) is 7.04. The third-order valence-corrected chi connectivity index (χ3v) is 2.17. The van der Waals surface area contributed by atoms with Crippen molar-refractivity contribution < 1.29 is 8.78 Å². The Morgan fingerprint density at radius 2 is 2.13 bits per heavy atom. The van der Waals surface area contributed by atoms with E-state index in [1.807, 2.05) is 6.07 Å². The fourth-order valence-corrected chi connectivity index (χ4v) is 1.25. The third-order valence-electron chi connectivity index (χ3n) is 1.86. The van der Waals surface area contributed by atoms with Gasteiger partial charge in [0.1, 0.15) is 0 Å². The van der Waals surface area contributed by atoms with Crippen LogP contribution in [0.3, 0.4) is 0 Å². The first-order valence-electron chi connectivity index (χ1n) is 4.29. The number of nitrogens with zero attached hydrogens (tertiary/aromatic N) is 1. The molecular weight excluding hydrogens is 222 g/mol. The Kier molecular flexibility index (Phi) is 3.87. The first-order valence-corrected chi connectivity index (χ1v) is 4.66. The Hall–Kier alpha value is -1.34. The van der Waals surface area contributed by atoms with Crippen molar-refractivity contribution in [2.24, 2.45) is 0 Å². The van der Waals surface area contributed by atoms with Crippen LogP contribution < -0.4 is 5.32 Å². The second-order valence-corrected chi connectivity index (χ2v) is 3.48. The molecule has 0 fully saturated rings. The molecule has 15 heavy (non-hydrogen) atoms. The predicted octanol–water partition coefficient (Wildman–Crippen LogP) is 3.28. The molecule has 0 radical (unpaired) electrons. The summed E-state index contributed by atoms with van der Waals surface area (Å²) in [6.07, 6.45) is -2.46. The summed E-state index contributed by atoms with van der Waals surface area (Å²) in [4.78, 5) is 0. The lowest BCUT2D eigenvalue weighted by Gasteiger charge is -2.15. The van der Waals surface area contributed by atoms with Gasteiger partial charge in [-0.1, -0.05) is 11.6 Å². The van der Waals surface area contributed by atoms with Crippen LogP contribution in [0, 0.1) is 11.3 Å². The van der Waals surface area contributed by atoms with Gasteiger partial charge in [-0.05, 0) is 25.1 Å². The monoisotopic (exact) mass is 230 g/mol. The van der Waals surface area contributed by atoms with Gasteiger partial charge < -0.3 is 5.32 Å². The van der Waals surface area contributed by atoms with Crippen molar-refractivity contribution >= 4 is 17.3 Å². The van der Waals surface area contributed by atoms with Crippen molar-refractivity contribution in [1.29, 1.82) is 5.26 Å². The molecule has 5 heteroatoms. The molecule has 1 aromatic rings. The number of nitriles is 1. The molecule has 0 saturated carbocycles. The summed E-state index contributed by atoms with van der Waals surface area (Å²) in [6, 6.07) is 5.40. The Bertz CT molecular complexity index is 387. The number of anilines is 1. The van der Waals surface area contributed by atoms with Crippen LogP contribution in [0.5, 0.6) is 0 Å². The summed E-state index contributed by atoms with van der Waals surface area (Å²) in [5.41, 5.74) is 0.804. The van der Waals surface area contributed by atoms with E-state index in [-0.39, 0.29) is 5.02 Å². The van der Waals surface area contributed by atoms with Crippen LogP contribution in [-0.2, 0) is 0 Å². The van der Waals surface area contributed by atoms with E-state index in [4.69, 9.17) is 16.9 Å². The van der Waals surface area contributed by atoms with Crippen LogP contribution in [0.25, 0.3) is 0 Å². The lowest BCUT2D eigenvalue weighted by Crippen LogP contribution is -2.23. The molecule has 0 saturated heterocycles. The molecule has 1 atom stereocenters. The van der Waals surface area contributed by atoms with Crippen molar-refractivity contribution in [3.8, 4) is 6.07 Å². The van der Waals surface area contributed by atoms with Gasteiger partial charge in [-0.15, -0.1) is 0 Å². The van der Waals surface area contributed by atoms with Crippen LogP contribution in [0.2, 0.25) is 5.02 Å². The minimum atomic E-state index is -2.46. The highest BCUT2D eigenvalue weighted by Gasteiger charge is 2.15. The van der Waals surface area contributed by atoms with Crippen LogP contribution in [0.1, 0.15) is 12.5 Å². The zero-order valence-electron chi connectivity index (χ0n) is 7.97. The zero-order valence-corrected chi connectivity index (χ0v) is 8.72. The molecule has 1 unspecified atom stereocenters. The van der Waals surface area contributed by atoms with E-state index >= 15 is 0 Å². The third kappa shape index (κ3) is 3.07. The average molecular weight is 231 g/mol. The minimum absolute atomic E-state index is 0.265. The molecule has 2 nitrogen and oxygen atoms in total. The lowest BCUT2D eigenvalue weighted by atomic mass is 10.2. The summed E-state index contributed by atoms with van der Waals surface area (Å²) in [6.45, 7) is 1.36. The van der Waals surface area contributed by atoms with E-state index in [0.717, 1.165) is 0 Å². The van der Waals surface area contributed by atoms with Gasteiger partial charge in [0.2, 0.25) is 0 Å². The second kappa shape index (κ2) is 4.94. The first kappa shape index (κ1) is 11.7. The molecule has 0 heterocycles. The van der Waals surface area contributed by atoms with Gasteiger partial charge in [-0.25, -0.2) is 8.78 Å². The van der Waals surface area contributed by atoms with Crippen molar-refractivity contribution in [2.75, 3.05) is 5.32 Å². The van der Waals surface area contributed by atoms with Gasteiger partial charge >= 0.3 is 0 Å². The molecule has 1 rings (SSSR count). The molecule has 0 aliphatic heterocycles. The molecule has 0 amide bonds. The molecule has 0 aromatic heterocycles. The second-order valence-electron chi connectivity index (χ2n) is 3.07. The normalized spacial score (nSPS) is 12.3. The van der Waals surface area contributed by atoms with Gasteiger partial charge in [0.05, 0.1) is 28.4 Å². The van der Waals surface area contributed by atoms with Gasteiger partial charge in [-0.2, -0.15) is 5.26 Å². The Morgan fingerprint density at radius 3 is 2.60 bits per heavy atom. The summed E-state index contributed by atoms with van der Waals surface area (Å²) in [5.74, 6) is 0. The fraction of sp³-hybridized carbons (Fsp3) is 0.300. The summed E-state index contributed by atoms with van der Waals surface area (Å²) in [5, 5.41) is 11.4. The van der Waals surface area contributed by atoms with Crippen molar-refractivity contribution in [2.45, 2.75) is 19.4 Å². The van der Waals surface area contributed by atoms with Crippen molar-refractivity contribution in [3.05, 3.63) is 28.8 Å². The smallest absolute Gasteiger partial charge is 0.258 e. The van der Waals surface area contributed by atoms with E-state index in [0.29, 0.717) is 11.3 Å². The lowest BCUT2D eigenvalue weighted by molar-refractivity contribution is 0.131. The maximum atomic E-state index is 12.2. The van der Waals surface area contributed by atoms with E-state index in [1.165, 1.54) is 25.1 Å². The Balaban J connectivity index is 2.84. The van der Waals surface area contributed by atoms with E-state index in [1.54, 1.807) is 0 Å². The molecule has 0 aliphatic rings. The molecule has 0 spiro atoms. The van der Waals surface area contributed by atoms with Crippen molar-refractivity contribution in [1.82, 2.24) is 0 Å². The Morgan fingerprint density at radius 1 is 1.47 bits per heavy atom. The van der Waals surface area contributed by atoms with Crippen LogP contribution in [0.4, 0.5) is 14.5 Å². The number of alkyl halides is 2. The molecule has 1 aromatic carbocycles. The predicted molar refractivity (Wildman–Crippen MR) is 55.3 cm³/mol. The fourth-order valence-electron chi connectivity index (χ4n) is 1.01. The maximum Gasteiger partial charge on any atom is 0.258 e. The zero-order chi connectivity index (χ0) is 11.4. The quantitative estimate of drug-likeness (QED) is 0.865. The van der Waals surface area contributed by atoms with Gasteiger partial charge in [0, 0.05) is 0 Å². The molecular formula is C10H9ClF2N2. The van der Waals surface area contributed by atoms with E-state index in [2.05, 4.69) is 5.32 Å². The SMILES string of the molecule is CC(Nc1ccc(C#N)cc1Cl)C(F)F. The van der Waals surface area contributed by atoms with Crippen molar-refractivity contribution in [3.63, 3.8) is 0 Å². The molecule has 1 N–H and O–H groups in total. The molecule has 80 valence electrons. The number of hydrogen-bond donors (Lipinski definition) is 1. The largest absolute Gasteiger partial charge is 0.376 e. The minimum Gasteiger partial charge on any atom is -0.376 e. The molecule has 0 aliphatic carbocycles. The average Bonchev–Trinajstić information content (AvgIpc) is 2.20. The van der Waals surface area contributed by atoms with Gasteiger partial charge in [0.15, 0.2) is 0 Å². The summed E-state index contributed by atoms with van der Waals surface area (Å²) in [7, 11) is 0. The van der Waals surface area contributed by atoms with Gasteiger partial charge in [0.25, 0.3) is 6.43 Å². The van der Waals surface area contributed by atoms with E-state index < -0.39 is 12.5 Å². The number of rotatable bonds is 3. The number of hydrogen-bond acceptors (Lipinski definition) is 2. The number of nitrogens with one attached hydrogen (secondary N) is 1. The number of halogens is 3. The highest BCUT2D eigenvalue weighted by molar-refractivity contribution is 6.33. The van der Waals surface area contributed by atoms with Crippen LogP contribution >= 0.6 is 11.6 Å². The topological polar surface area (TPSA) is 35.8 Å². The van der Waals surface area contributed by atoms with E-state index in [9.17, 15) is 8.78 Å². The summed E-state index contributed by atoms with van der Waals surface area (Å²) >= 11 is 5.80.